The number of rotatable bonds is 8. The Morgan fingerprint density at radius 2 is 1.92 bits per heavy atom. The first-order chi connectivity index (χ1) is 12.1. The maximum Gasteiger partial charge on any atom is 0.322 e. The second-order valence-electron chi connectivity index (χ2n) is 5.60. The molecule has 3 amide bonds. The molecule has 0 aliphatic rings. The fourth-order valence-corrected chi connectivity index (χ4v) is 2.23. The molecule has 2 rings (SSSR count). The van der Waals surface area contributed by atoms with Gasteiger partial charge in [0.15, 0.2) is 5.69 Å². The van der Waals surface area contributed by atoms with Gasteiger partial charge in [-0.15, -0.1) is 0 Å². The van der Waals surface area contributed by atoms with E-state index in [2.05, 4.69) is 15.6 Å². The average molecular weight is 344 g/mol. The van der Waals surface area contributed by atoms with E-state index in [-0.39, 0.29) is 24.2 Å². The van der Waals surface area contributed by atoms with Crippen LogP contribution >= 0.6 is 0 Å². The van der Waals surface area contributed by atoms with Crippen molar-refractivity contribution in [3.63, 3.8) is 0 Å². The summed E-state index contributed by atoms with van der Waals surface area (Å²) in [7, 11) is 0. The minimum absolute atomic E-state index is 0.202. The highest BCUT2D eigenvalue weighted by atomic mass is 16.3. The van der Waals surface area contributed by atoms with Gasteiger partial charge in [-0.1, -0.05) is 32.0 Å². The van der Waals surface area contributed by atoms with Crippen molar-refractivity contribution < 1.29 is 14.0 Å². The molecule has 7 nitrogen and oxygen atoms in total. The third-order valence-corrected chi connectivity index (χ3v) is 3.45. The molecule has 0 unspecified atom stereocenters. The number of carbonyl (C=O) groups is 2. The van der Waals surface area contributed by atoms with Crippen LogP contribution in [0.25, 0.3) is 0 Å². The number of hydrogen-bond donors (Lipinski definition) is 2. The Kier molecular flexibility index (Phi) is 7.00. The topological polar surface area (TPSA) is 87.5 Å². The van der Waals surface area contributed by atoms with Crippen molar-refractivity contribution in [3.05, 3.63) is 48.2 Å². The Hall–Kier alpha value is -2.83. The minimum Gasteiger partial charge on any atom is -0.446 e. The van der Waals surface area contributed by atoms with Crippen molar-refractivity contribution in [2.75, 3.05) is 18.4 Å². The number of oxazole rings is 1. The fraction of sp³-hybridized carbons (Fsp3) is 0.389. The van der Waals surface area contributed by atoms with Gasteiger partial charge in [0.05, 0.1) is 6.54 Å². The second-order valence-corrected chi connectivity index (χ2v) is 5.60. The van der Waals surface area contributed by atoms with Crippen molar-refractivity contribution >= 4 is 17.6 Å². The first kappa shape index (κ1) is 18.5. The molecule has 0 bridgehead atoms. The van der Waals surface area contributed by atoms with Crippen LogP contribution in [0.15, 0.2) is 41.0 Å². The highest BCUT2D eigenvalue weighted by Gasteiger charge is 2.18. The predicted molar refractivity (Wildman–Crippen MR) is 95.3 cm³/mol. The summed E-state index contributed by atoms with van der Waals surface area (Å²) < 4.78 is 5.35. The first-order valence-corrected chi connectivity index (χ1v) is 8.47. The number of aromatic nitrogens is 1. The Morgan fingerprint density at radius 1 is 1.16 bits per heavy atom. The van der Waals surface area contributed by atoms with Crippen molar-refractivity contribution in [3.8, 4) is 0 Å². The summed E-state index contributed by atoms with van der Waals surface area (Å²) >= 11 is 0. The van der Waals surface area contributed by atoms with Gasteiger partial charge < -0.3 is 20.0 Å². The van der Waals surface area contributed by atoms with Crippen LogP contribution in [0.1, 0.15) is 43.1 Å². The Bertz CT molecular complexity index is 685. The molecule has 134 valence electrons. The smallest absolute Gasteiger partial charge is 0.322 e. The number of nitrogens with one attached hydrogen (secondary N) is 2. The fourth-order valence-electron chi connectivity index (χ4n) is 2.23. The van der Waals surface area contributed by atoms with E-state index in [0.29, 0.717) is 19.0 Å². The first-order valence-electron chi connectivity index (χ1n) is 8.47. The minimum atomic E-state index is -0.271. The van der Waals surface area contributed by atoms with Gasteiger partial charge in [0, 0.05) is 18.8 Å². The number of hydrogen-bond acceptors (Lipinski definition) is 4. The van der Waals surface area contributed by atoms with Crippen LogP contribution in [0.2, 0.25) is 0 Å². The lowest BCUT2D eigenvalue weighted by molar-refractivity contribution is 0.0948. The molecule has 0 atom stereocenters. The van der Waals surface area contributed by atoms with Gasteiger partial charge in [-0.25, -0.2) is 9.78 Å². The maximum atomic E-state index is 12.5. The molecule has 0 saturated heterocycles. The zero-order chi connectivity index (χ0) is 18.1. The summed E-state index contributed by atoms with van der Waals surface area (Å²) in [5.74, 6) is 0.0611. The molecule has 7 heteroatoms. The van der Waals surface area contributed by atoms with Crippen molar-refractivity contribution in [2.24, 2.45) is 0 Å². The molecule has 0 fully saturated rings. The molecule has 0 spiro atoms. The van der Waals surface area contributed by atoms with E-state index < -0.39 is 0 Å². The summed E-state index contributed by atoms with van der Waals surface area (Å²) in [6.07, 6.45) is 2.96. The van der Waals surface area contributed by atoms with Gasteiger partial charge in [0.2, 0.25) is 5.89 Å². The standard InChI is InChI=1S/C18H24N4O3/c1-3-10-19-17(23)15-13-25-16(21-15)12-22(11-4-2)18(24)20-14-8-6-5-7-9-14/h5-9,13H,3-4,10-12H2,1-2H3,(H,19,23)(H,20,24). The van der Waals surface area contributed by atoms with Crippen LogP contribution in [0.3, 0.4) is 0 Å². The Labute approximate surface area is 147 Å². The normalized spacial score (nSPS) is 10.3. The molecular formula is C18H24N4O3. The van der Waals surface area contributed by atoms with E-state index >= 15 is 0 Å². The van der Waals surface area contributed by atoms with E-state index in [9.17, 15) is 9.59 Å². The Balaban J connectivity index is 2.00. The Morgan fingerprint density at radius 3 is 2.60 bits per heavy atom. The summed E-state index contributed by atoms with van der Waals surface area (Å²) in [6, 6.07) is 9.01. The third kappa shape index (κ3) is 5.63. The number of amides is 3. The molecule has 0 saturated carbocycles. The van der Waals surface area contributed by atoms with Gasteiger partial charge in [0.1, 0.15) is 6.26 Å². The average Bonchev–Trinajstić information content (AvgIpc) is 3.09. The number of urea groups is 1. The lowest BCUT2D eigenvalue weighted by Crippen LogP contribution is -2.35. The summed E-state index contributed by atoms with van der Waals surface area (Å²) in [6.45, 7) is 5.30. The number of anilines is 1. The SMILES string of the molecule is CCCNC(=O)c1coc(CN(CCC)C(=O)Nc2ccccc2)n1. The van der Waals surface area contributed by atoms with E-state index in [0.717, 1.165) is 18.5 Å². The third-order valence-electron chi connectivity index (χ3n) is 3.45. The maximum absolute atomic E-state index is 12.5. The van der Waals surface area contributed by atoms with Crippen LogP contribution in [-0.2, 0) is 6.54 Å². The van der Waals surface area contributed by atoms with Crippen LogP contribution in [0.4, 0.5) is 10.5 Å². The molecule has 1 aromatic heterocycles. The van der Waals surface area contributed by atoms with Gasteiger partial charge in [-0.05, 0) is 25.0 Å². The molecule has 0 aliphatic carbocycles. The summed E-state index contributed by atoms with van der Waals surface area (Å²) in [5.41, 5.74) is 0.948. The van der Waals surface area contributed by atoms with Crippen LogP contribution in [-0.4, -0.2) is 34.9 Å². The zero-order valence-corrected chi connectivity index (χ0v) is 14.6. The second kappa shape index (κ2) is 9.46. The van der Waals surface area contributed by atoms with Gasteiger partial charge in [0.25, 0.3) is 5.91 Å². The number of para-hydroxylation sites is 1. The van der Waals surface area contributed by atoms with Crippen LogP contribution in [0.5, 0.6) is 0 Å². The molecule has 1 aromatic carbocycles. The van der Waals surface area contributed by atoms with E-state index in [1.165, 1.54) is 6.26 Å². The summed E-state index contributed by atoms with van der Waals surface area (Å²) in [5, 5.41) is 5.58. The quantitative estimate of drug-likeness (QED) is 0.769. The van der Waals surface area contributed by atoms with Crippen molar-refractivity contribution in [1.29, 1.82) is 0 Å². The van der Waals surface area contributed by atoms with Crippen molar-refractivity contribution in [2.45, 2.75) is 33.2 Å². The molecule has 0 radical (unpaired) electrons. The molecule has 2 aromatic rings. The molecule has 1 heterocycles. The number of nitrogens with zero attached hydrogens (tertiary/aromatic N) is 2. The lowest BCUT2D eigenvalue weighted by atomic mass is 10.3. The predicted octanol–water partition coefficient (Wildman–Crippen LogP) is 3.26. The van der Waals surface area contributed by atoms with E-state index in [4.69, 9.17) is 4.42 Å². The van der Waals surface area contributed by atoms with Crippen LogP contribution in [0, 0.1) is 0 Å². The number of benzene rings is 1. The van der Waals surface area contributed by atoms with Crippen LogP contribution < -0.4 is 10.6 Å². The highest BCUT2D eigenvalue weighted by Crippen LogP contribution is 2.11. The summed E-state index contributed by atoms with van der Waals surface area (Å²) in [4.78, 5) is 30.1. The zero-order valence-electron chi connectivity index (χ0n) is 14.6. The highest BCUT2D eigenvalue weighted by molar-refractivity contribution is 5.92. The van der Waals surface area contributed by atoms with Gasteiger partial charge in [-0.3, -0.25) is 4.79 Å². The van der Waals surface area contributed by atoms with Gasteiger partial charge >= 0.3 is 6.03 Å². The van der Waals surface area contributed by atoms with Gasteiger partial charge in [-0.2, -0.15) is 0 Å². The molecule has 0 aliphatic heterocycles. The molecule has 25 heavy (non-hydrogen) atoms. The monoisotopic (exact) mass is 344 g/mol. The van der Waals surface area contributed by atoms with Crippen molar-refractivity contribution in [1.82, 2.24) is 15.2 Å². The largest absolute Gasteiger partial charge is 0.446 e. The molecular weight excluding hydrogens is 320 g/mol. The van der Waals surface area contributed by atoms with E-state index in [1.807, 2.05) is 44.2 Å². The van der Waals surface area contributed by atoms with E-state index in [1.54, 1.807) is 4.90 Å². The number of carbonyl (C=O) groups excluding carboxylic acids is 2. The lowest BCUT2D eigenvalue weighted by Gasteiger charge is -2.21. The molecule has 2 N–H and O–H groups in total.